The van der Waals surface area contributed by atoms with Crippen molar-refractivity contribution in [3.05, 3.63) is 23.8 Å². The Balaban J connectivity index is 2.41. The zero-order chi connectivity index (χ0) is 11.7. The Labute approximate surface area is 94.4 Å². The highest BCUT2D eigenvalue weighted by Crippen LogP contribution is 2.35. The number of carboxylic acid groups (broad SMARTS) is 1. The van der Waals surface area contributed by atoms with E-state index in [2.05, 4.69) is 0 Å². The third-order valence-corrected chi connectivity index (χ3v) is 2.49. The summed E-state index contributed by atoms with van der Waals surface area (Å²) >= 11 is 0. The first-order valence-electron chi connectivity index (χ1n) is 5.30. The Morgan fingerprint density at radius 3 is 2.62 bits per heavy atom. The fourth-order valence-corrected chi connectivity index (χ4v) is 1.62. The standard InChI is InChI=1S/C12H15NO3/c1-13(2)11-9(12(14)15)4-3-5-10(11)16-8-6-7-8/h3-5,8H,6-7H2,1-2H3,(H,14,15). The largest absolute Gasteiger partial charge is 0.488 e. The minimum Gasteiger partial charge on any atom is -0.488 e. The molecule has 0 amide bonds. The van der Waals surface area contributed by atoms with E-state index >= 15 is 0 Å². The zero-order valence-corrected chi connectivity index (χ0v) is 9.43. The summed E-state index contributed by atoms with van der Waals surface area (Å²) in [6, 6.07) is 5.13. The minimum atomic E-state index is -0.926. The van der Waals surface area contributed by atoms with Crippen molar-refractivity contribution in [2.45, 2.75) is 18.9 Å². The normalized spacial score (nSPS) is 14.6. The van der Waals surface area contributed by atoms with Crippen LogP contribution in [0, 0.1) is 0 Å². The molecule has 1 saturated carbocycles. The first-order valence-corrected chi connectivity index (χ1v) is 5.30. The van der Waals surface area contributed by atoms with Gasteiger partial charge < -0.3 is 14.7 Å². The molecule has 1 aromatic rings. The van der Waals surface area contributed by atoms with Crippen LogP contribution < -0.4 is 9.64 Å². The van der Waals surface area contributed by atoms with Gasteiger partial charge in [0.25, 0.3) is 0 Å². The van der Waals surface area contributed by atoms with E-state index in [9.17, 15) is 4.79 Å². The van der Waals surface area contributed by atoms with Crippen LogP contribution in [-0.4, -0.2) is 31.3 Å². The maximum Gasteiger partial charge on any atom is 0.337 e. The van der Waals surface area contributed by atoms with Crippen LogP contribution in [-0.2, 0) is 0 Å². The molecule has 0 atom stereocenters. The average Bonchev–Trinajstić information content (AvgIpc) is 3.00. The molecule has 1 fully saturated rings. The number of benzene rings is 1. The SMILES string of the molecule is CN(C)c1c(OC2CC2)cccc1C(=O)O. The molecule has 0 radical (unpaired) electrons. The van der Waals surface area contributed by atoms with Gasteiger partial charge in [-0.15, -0.1) is 0 Å². The molecule has 2 rings (SSSR count). The van der Waals surface area contributed by atoms with Gasteiger partial charge in [-0.25, -0.2) is 4.79 Å². The Hall–Kier alpha value is -1.71. The molecule has 1 aromatic carbocycles. The third-order valence-electron chi connectivity index (χ3n) is 2.49. The topological polar surface area (TPSA) is 49.8 Å². The summed E-state index contributed by atoms with van der Waals surface area (Å²) in [5.41, 5.74) is 0.921. The lowest BCUT2D eigenvalue weighted by Gasteiger charge is -2.19. The van der Waals surface area contributed by atoms with Gasteiger partial charge in [-0.1, -0.05) is 6.07 Å². The van der Waals surface area contributed by atoms with Gasteiger partial charge in [0.2, 0.25) is 0 Å². The third kappa shape index (κ3) is 2.10. The summed E-state index contributed by atoms with van der Waals surface area (Å²) in [4.78, 5) is 12.9. The van der Waals surface area contributed by atoms with Gasteiger partial charge in [-0.05, 0) is 25.0 Å². The van der Waals surface area contributed by atoms with E-state index in [-0.39, 0.29) is 11.7 Å². The van der Waals surface area contributed by atoms with Gasteiger partial charge in [0, 0.05) is 14.1 Å². The first kappa shape index (κ1) is 10.8. The highest BCUT2D eigenvalue weighted by atomic mass is 16.5. The van der Waals surface area contributed by atoms with Gasteiger partial charge in [0.05, 0.1) is 17.4 Å². The number of carboxylic acids is 1. The number of hydrogen-bond acceptors (Lipinski definition) is 3. The number of hydrogen-bond donors (Lipinski definition) is 1. The Morgan fingerprint density at radius 2 is 2.12 bits per heavy atom. The molecule has 0 aliphatic heterocycles. The quantitative estimate of drug-likeness (QED) is 0.844. The predicted molar refractivity (Wildman–Crippen MR) is 61.4 cm³/mol. The Morgan fingerprint density at radius 1 is 1.44 bits per heavy atom. The Bertz CT molecular complexity index is 411. The lowest BCUT2D eigenvalue weighted by molar-refractivity contribution is 0.0697. The molecular weight excluding hydrogens is 206 g/mol. The van der Waals surface area contributed by atoms with Crippen LogP contribution in [0.3, 0.4) is 0 Å². The molecule has 0 spiro atoms. The van der Waals surface area contributed by atoms with Crippen molar-refractivity contribution < 1.29 is 14.6 Å². The molecule has 0 aromatic heterocycles. The number of rotatable bonds is 4. The number of carbonyl (C=O) groups is 1. The summed E-state index contributed by atoms with van der Waals surface area (Å²) in [6.07, 6.45) is 2.39. The number of aromatic carboxylic acids is 1. The lowest BCUT2D eigenvalue weighted by atomic mass is 10.1. The van der Waals surface area contributed by atoms with Gasteiger partial charge in [-0.2, -0.15) is 0 Å². The molecule has 1 aliphatic rings. The summed E-state index contributed by atoms with van der Waals surface area (Å²) in [7, 11) is 3.64. The molecule has 4 heteroatoms. The maximum absolute atomic E-state index is 11.1. The fraction of sp³-hybridized carbons (Fsp3) is 0.417. The Kier molecular flexibility index (Phi) is 2.73. The number of nitrogens with zero attached hydrogens (tertiary/aromatic N) is 1. The van der Waals surface area contributed by atoms with E-state index in [0.717, 1.165) is 12.8 Å². The summed E-state index contributed by atoms with van der Waals surface area (Å²) < 4.78 is 5.70. The monoisotopic (exact) mass is 221 g/mol. The highest BCUT2D eigenvalue weighted by molar-refractivity contribution is 5.96. The molecule has 1 N–H and O–H groups in total. The molecule has 1 aliphatic carbocycles. The lowest BCUT2D eigenvalue weighted by Crippen LogP contribution is -2.16. The van der Waals surface area contributed by atoms with Gasteiger partial charge in [0.1, 0.15) is 5.75 Å². The summed E-state index contributed by atoms with van der Waals surface area (Å²) in [6.45, 7) is 0. The first-order chi connectivity index (χ1) is 7.59. The van der Waals surface area contributed by atoms with Crippen molar-refractivity contribution in [3.63, 3.8) is 0 Å². The van der Waals surface area contributed by atoms with E-state index in [1.54, 1.807) is 17.0 Å². The minimum absolute atomic E-state index is 0.266. The van der Waals surface area contributed by atoms with E-state index in [1.807, 2.05) is 20.2 Å². The van der Waals surface area contributed by atoms with Crippen molar-refractivity contribution in [2.75, 3.05) is 19.0 Å². The number of para-hydroxylation sites is 1. The molecule has 86 valence electrons. The molecule has 0 saturated heterocycles. The molecule has 0 unspecified atom stereocenters. The van der Waals surface area contributed by atoms with Crippen LogP contribution in [0.1, 0.15) is 23.2 Å². The molecule has 4 nitrogen and oxygen atoms in total. The van der Waals surface area contributed by atoms with Gasteiger partial charge in [-0.3, -0.25) is 0 Å². The molecule has 0 heterocycles. The van der Waals surface area contributed by atoms with Gasteiger partial charge >= 0.3 is 5.97 Å². The van der Waals surface area contributed by atoms with Gasteiger partial charge in [0.15, 0.2) is 0 Å². The number of anilines is 1. The van der Waals surface area contributed by atoms with E-state index in [0.29, 0.717) is 11.4 Å². The van der Waals surface area contributed by atoms with Crippen LogP contribution in [0.5, 0.6) is 5.75 Å². The van der Waals surface area contributed by atoms with E-state index in [4.69, 9.17) is 9.84 Å². The van der Waals surface area contributed by atoms with Crippen molar-refractivity contribution in [1.82, 2.24) is 0 Å². The van der Waals surface area contributed by atoms with Crippen LogP contribution in [0.2, 0.25) is 0 Å². The fourth-order valence-electron chi connectivity index (χ4n) is 1.62. The van der Waals surface area contributed by atoms with E-state index < -0.39 is 5.97 Å². The highest BCUT2D eigenvalue weighted by Gasteiger charge is 2.26. The smallest absolute Gasteiger partial charge is 0.337 e. The van der Waals surface area contributed by atoms with Crippen molar-refractivity contribution in [3.8, 4) is 5.75 Å². The van der Waals surface area contributed by atoms with E-state index in [1.165, 1.54) is 0 Å². The van der Waals surface area contributed by atoms with Crippen LogP contribution in [0.4, 0.5) is 5.69 Å². The molecule has 0 bridgehead atoms. The zero-order valence-electron chi connectivity index (χ0n) is 9.43. The average molecular weight is 221 g/mol. The number of ether oxygens (including phenoxy) is 1. The van der Waals surface area contributed by atoms with Crippen molar-refractivity contribution in [2.24, 2.45) is 0 Å². The van der Waals surface area contributed by atoms with Crippen molar-refractivity contribution in [1.29, 1.82) is 0 Å². The maximum atomic E-state index is 11.1. The second kappa shape index (κ2) is 4.04. The summed E-state index contributed by atoms with van der Waals surface area (Å²) in [5.74, 6) is -0.266. The van der Waals surface area contributed by atoms with Crippen molar-refractivity contribution >= 4 is 11.7 Å². The molecular formula is C12H15NO3. The van der Waals surface area contributed by atoms with Crippen LogP contribution in [0.25, 0.3) is 0 Å². The van der Waals surface area contributed by atoms with Crippen LogP contribution in [0.15, 0.2) is 18.2 Å². The second-order valence-electron chi connectivity index (χ2n) is 4.17. The summed E-state index contributed by atoms with van der Waals surface area (Å²) in [5, 5.41) is 9.11. The second-order valence-corrected chi connectivity index (χ2v) is 4.17. The van der Waals surface area contributed by atoms with Crippen LogP contribution >= 0.6 is 0 Å². The molecule has 16 heavy (non-hydrogen) atoms. The predicted octanol–water partition coefficient (Wildman–Crippen LogP) is 1.99.